The zero-order valence-electron chi connectivity index (χ0n) is 20.1. The van der Waals surface area contributed by atoms with Crippen molar-refractivity contribution in [2.45, 2.75) is 25.2 Å². The molecular formula is C26H19F9O5. The molecule has 1 aliphatic rings. The van der Waals surface area contributed by atoms with Crippen molar-refractivity contribution in [3.8, 4) is 22.6 Å². The van der Waals surface area contributed by atoms with Crippen LogP contribution in [0.4, 0.5) is 39.5 Å². The summed E-state index contributed by atoms with van der Waals surface area (Å²) in [6.07, 6.45) is -10.5. The lowest BCUT2D eigenvalue weighted by Crippen LogP contribution is -2.27. The van der Waals surface area contributed by atoms with E-state index in [0.717, 1.165) is 12.1 Å². The molecule has 1 aliphatic heterocycles. The van der Waals surface area contributed by atoms with Crippen LogP contribution in [0.2, 0.25) is 0 Å². The minimum atomic E-state index is -5.26. The maximum Gasteiger partial charge on any atom is 0.573 e. The summed E-state index contributed by atoms with van der Waals surface area (Å²) >= 11 is 0. The Morgan fingerprint density at radius 1 is 0.775 bits per heavy atom. The van der Waals surface area contributed by atoms with E-state index in [0.29, 0.717) is 30.7 Å². The molecule has 0 radical (unpaired) electrons. The summed E-state index contributed by atoms with van der Waals surface area (Å²) in [5.41, 5.74) is -2.42. The van der Waals surface area contributed by atoms with E-state index in [1.807, 2.05) is 0 Å². The van der Waals surface area contributed by atoms with Gasteiger partial charge in [0.1, 0.15) is 28.8 Å². The minimum Gasteiger partial charge on any atom is -0.429 e. The van der Waals surface area contributed by atoms with Crippen molar-refractivity contribution in [3.05, 3.63) is 82.9 Å². The molecule has 1 N–H and O–H groups in total. The van der Waals surface area contributed by atoms with Gasteiger partial charge >= 0.3 is 12.5 Å². The molecule has 5 nitrogen and oxygen atoms in total. The number of benzene rings is 3. The minimum absolute atomic E-state index is 0.0428. The molecule has 1 fully saturated rings. The Hall–Kier alpha value is -3.49. The highest BCUT2D eigenvalue weighted by Gasteiger charge is 2.42. The van der Waals surface area contributed by atoms with E-state index in [1.54, 1.807) is 0 Å². The number of halogens is 9. The Labute approximate surface area is 220 Å². The van der Waals surface area contributed by atoms with Crippen LogP contribution in [-0.4, -0.2) is 31.3 Å². The smallest absolute Gasteiger partial charge is 0.429 e. The molecule has 0 unspecified atom stereocenters. The van der Waals surface area contributed by atoms with Crippen molar-refractivity contribution < 1.29 is 63.6 Å². The first-order chi connectivity index (χ1) is 18.8. The summed E-state index contributed by atoms with van der Waals surface area (Å²) in [5, 5.41) is 8.98. The third-order valence-corrected chi connectivity index (χ3v) is 5.79. The zero-order valence-corrected chi connectivity index (χ0v) is 20.1. The van der Waals surface area contributed by atoms with Crippen LogP contribution in [0.3, 0.4) is 0 Å². The molecule has 0 saturated carbocycles. The van der Waals surface area contributed by atoms with Gasteiger partial charge in [-0.1, -0.05) is 12.1 Å². The Morgan fingerprint density at radius 3 is 1.98 bits per heavy atom. The third kappa shape index (κ3) is 6.80. The van der Waals surface area contributed by atoms with Crippen LogP contribution in [0.25, 0.3) is 11.1 Å². The van der Waals surface area contributed by atoms with E-state index in [1.165, 1.54) is 6.07 Å². The molecule has 4 rings (SSSR count). The second-order valence-corrected chi connectivity index (χ2v) is 8.69. The SMILES string of the molecule is OCCC1COC(c2ccc(-c3cc(F)c(C(F)(F)Oc4ccc(OC(F)(F)F)c(F)c4)c(F)c3)c(F)c2)OC1. The molecule has 3 aromatic carbocycles. The molecule has 40 heavy (non-hydrogen) atoms. The largest absolute Gasteiger partial charge is 0.573 e. The van der Waals surface area contributed by atoms with Gasteiger partial charge in [0.25, 0.3) is 0 Å². The Balaban J connectivity index is 1.53. The number of rotatable bonds is 8. The topological polar surface area (TPSA) is 57.2 Å². The summed E-state index contributed by atoms with van der Waals surface area (Å²) in [7, 11) is 0. The number of hydrogen-bond acceptors (Lipinski definition) is 5. The normalized spacial score (nSPS) is 18.1. The summed E-state index contributed by atoms with van der Waals surface area (Å²) in [6, 6.07) is 5.30. The van der Waals surface area contributed by atoms with E-state index in [4.69, 9.17) is 14.6 Å². The average molecular weight is 582 g/mol. The summed E-state index contributed by atoms with van der Waals surface area (Å²) < 4.78 is 143. The maximum atomic E-state index is 14.9. The van der Waals surface area contributed by atoms with Gasteiger partial charge in [0.15, 0.2) is 17.9 Å². The van der Waals surface area contributed by atoms with Crippen molar-refractivity contribution in [2.24, 2.45) is 5.92 Å². The van der Waals surface area contributed by atoms with Gasteiger partial charge in [0, 0.05) is 29.7 Å². The van der Waals surface area contributed by atoms with Gasteiger partial charge in [-0.15, -0.1) is 13.2 Å². The number of aliphatic hydroxyl groups excluding tert-OH is 1. The van der Waals surface area contributed by atoms with Crippen LogP contribution >= 0.6 is 0 Å². The third-order valence-electron chi connectivity index (χ3n) is 5.79. The van der Waals surface area contributed by atoms with E-state index in [2.05, 4.69) is 9.47 Å². The van der Waals surface area contributed by atoms with E-state index >= 15 is 0 Å². The Morgan fingerprint density at radius 2 is 1.43 bits per heavy atom. The fourth-order valence-corrected chi connectivity index (χ4v) is 3.96. The Kier molecular flexibility index (Phi) is 8.52. The monoisotopic (exact) mass is 582 g/mol. The van der Waals surface area contributed by atoms with Crippen molar-refractivity contribution in [1.82, 2.24) is 0 Å². The number of alkyl halides is 5. The van der Waals surface area contributed by atoms with Crippen LogP contribution in [0.15, 0.2) is 48.5 Å². The second kappa shape index (κ2) is 11.6. The predicted molar refractivity (Wildman–Crippen MR) is 119 cm³/mol. The zero-order chi connectivity index (χ0) is 29.2. The molecule has 0 atom stereocenters. The molecule has 3 aromatic rings. The van der Waals surface area contributed by atoms with E-state index in [9.17, 15) is 39.5 Å². The quantitative estimate of drug-likeness (QED) is 0.291. The summed E-state index contributed by atoms with van der Waals surface area (Å²) in [5.74, 6) is -8.81. The highest BCUT2D eigenvalue weighted by molar-refractivity contribution is 5.65. The molecule has 0 bridgehead atoms. The summed E-state index contributed by atoms with van der Waals surface area (Å²) in [4.78, 5) is 0. The lowest BCUT2D eigenvalue weighted by Gasteiger charge is -2.29. The van der Waals surface area contributed by atoms with Gasteiger partial charge in [-0.2, -0.15) is 8.78 Å². The van der Waals surface area contributed by atoms with Gasteiger partial charge in [-0.25, -0.2) is 17.6 Å². The van der Waals surface area contributed by atoms with E-state index in [-0.39, 0.29) is 42.9 Å². The van der Waals surface area contributed by atoms with E-state index < -0.39 is 64.7 Å². The Bertz CT molecular complexity index is 1330. The lowest BCUT2D eigenvalue weighted by atomic mass is 10.00. The fourth-order valence-electron chi connectivity index (χ4n) is 3.96. The van der Waals surface area contributed by atoms with Gasteiger partial charge in [-0.05, 0) is 42.3 Å². The van der Waals surface area contributed by atoms with Crippen molar-refractivity contribution in [1.29, 1.82) is 0 Å². The summed E-state index contributed by atoms with van der Waals surface area (Å²) in [6.45, 7) is 0.448. The average Bonchev–Trinajstić information content (AvgIpc) is 2.85. The molecule has 0 aliphatic carbocycles. The molecule has 14 heteroatoms. The molecule has 0 amide bonds. The predicted octanol–water partition coefficient (Wildman–Crippen LogP) is 6.98. The van der Waals surface area contributed by atoms with Crippen molar-refractivity contribution in [3.63, 3.8) is 0 Å². The first-order valence-electron chi connectivity index (χ1n) is 11.5. The van der Waals surface area contributed by atoms with Crippen LogP contribution < -0.4 is 9.47 Å². The lowest BCUT2D eigenvalue weighted by molar-refractivity contribution is -0.275. The van der Waals surface area contributed by atoms with Gasteiger partial charge in [0.2, 0.25) is 0 Å². The molecule has 216 valence electrons. The van der Waals surface area contributed by atoms with Gasteiger partial charge in [0.05, 0.1) is 13.2 Å². The van der Waals surface area contributed by atoms with Gasteiger partial charge < -0.3 is 24.1 Å². The molecular weight excluding hydrogens is 563 g/mol. The second-order valence-electron chi connectivity index (χ2n) is 8.69. The molecule has 1 saturated heterocycles. The molecule has 0 spiro atoms. The van der Waals surface area contributed by atoms with Crippen LogP contribution in [0.5, 0.6) is 11.5 Å². The van der Waals surface area contributed by atoms with Crippen LogP contribution in [0, 0.1) is 29.2 Å². The van der Waals surface area contributed by atoms with Gasteiger partial charge in [-0.3, -0.25) is 0 Å². The van der Waals surface area contributed by atoms with Crippen molar-refractivity contribution >= 4 is 0 Å². The number of hydrogen-bond donors (Lipinski definition) is 1. The van der Waals surface area contributed by atoms with Crippen molar-refractivity contribution in [2.75, 3.05) is 19.8 Å². The first-order valence-corrected chi connectivity index (χ1v) is 11.5. The highest BCUT2D eigenvalue weighted by atomic mass is 19.4. The van der Waals surface area contributed by atoms with Crippen LogP contribution in [0.1, 0.15) is 23.8 Å². The van der Waals surface area contributed by atoms with Crippen LogP contribution in [-0.2, 0) is 15.6 Å². The number of aliphatic hydroxyl groups is 1. The molecule has 1 heterocycles. The maximum absolute atomic E-state index is 14.9. The fraction of sp³-hybridized carbons (Fsp3) is 0.308. The molecule has 0 aromatic heterocycles. The standard InChI is InChI=1S/C26H19F9O5/c27-18-7-14(24-37-11-13(5-6-36)12-38-24)1-3-17(18)15-8-20(29)23(21(30)9-15)25(31,32)39-16-2-4-22(19(28)10-16)40-26(33,34)35/h1-4,7-10,13,24,36H,5-6,11-12H2. The number of ether oxygens (including phenoxy) is 4. The highest BCUT2D eigenvalue weighted by Crippen LogP contribution is 2.39. The first kappa shape index (κ1) is 29.5.